The Labute approximate surface area is 74.7 Å². The molecule has 0 heterocycles. The van der Waals surface area contributed by atoms with E-state index in [1.807, 2.05) is 0 Å². The van der Waals surface area contributed by atoms with Crippen LogP contribution in [0.15, 0.2) is 0 Å². The van der Waals surface area contributed by atoms with Crippen LogP contribution >= 0.6 is 0 Å². The average molecular weight is 192 g/mol. The first-order valence-electron chi connectivity index (χ1n) is 3.75. The third-order valence-corrected chi connectivity index (χ3v) is 1.19. The fourth-order valence-electron chi connectivity index (χ4n) is 0.582. The summed E-state index contributed by atoms with van der Waals surface area (Å²) in [5, 5.41) is 25.4. The highest BCUT2D eigenvalue weighted by Crippen LogP contribution is 1.95. The molecular weight excluding hydrogens is 180 g/mol. The SMILES string of the molecule is O=C(O)CC(O)C(=O)OCCCO. The molecule has 6 nitrogen and oxygen atoms in total. The quantitative estimate of drug-likeness (QED) is 0.358. The van der Waals surface area contributed by atoms with Crippen molar-refractivity contribution in [3.63, 3.8) is 0 Å². The Morgan fingerprint density at radius 2 is 2.00 bits per heavy atom. The summed E-state index contributed by atoms with van der Waals surface area (Å²) in [6.45, 7) is -0.145. The highest BCUT2D eigenvalue weighted by atomic mass is 16.5. The highest BCUT2D eigenvalue weighted by molar-refractivity contribution is 5.80. The van der Waals surface area contributed by atoms with Crippen LogP contribution in [0.2, 0.25) is 0 Å². The van der Waals surface area contributed by atoms with Crippen LogP contribution in [0.25, 0.3) is 0 Å². The van der Waals surface area contributed by atoms with Crippen molar-refractivity contribution in [3.8, 4) is 0 Å². The van der Waals surface area contributed by atoms with Crippen LogP contribution in [0.4, 0.5) is 0 Å². The molecule has 0 aliphatic heterocycles. The van der Waals surface area contributed by atoms with Crippen molar-refractivity contribution in [2.75, 3.05) is 13.2 Å². The molecule has 0 aromatic carbocycles. The number of hydrogen-bond donors (Lipinski definition) is 3. The Morgan fingerprint density at radius 1 is 1.38 bits per heavy atom. The van der Waals surface area contributed by atoms with Gasteiger partial charge in [-0.15, -0.1) is 0 Å². The molecule has 0 aromatic heterocycles. The number of carboxylic acid groups (broad SMARTS) is 1. The number of hydrogen-bond acceptors (Lipinski definition) is 5. The van der Waals surface area contributed by atoms with E-state index in [0.717, 1.165) is 0 Å². The second-order valence-electron chi connectivity index (χ2n) is 2.36. The Kier molecular flexibility index (Phi) is 5.82. The van der Waals surface area contributed by atoms with E-state index in [9.17, 15) is 9.59 Å². The van der Waals surface area contributed by atoms with Crippen molar-refractivity contribution >= 4 is 11.9 Å². The Morgan fingerprint density at radius 3 is 2.46 bits per heavy atom. The summed E-state index contributed by atoms with van der Waals surface area (Å²) in [6, 6.07) is 0. The smallest absolute Gasteiger partial charge is 0.335 e. The fraction of sp³-hybridized carbons (Fsp3) is 0.714. The van der Waals surface area contributed by atoms with Gasteiger partial charge in [-0.3, -0.25) is 4.79 Å². The lowest BCUT2D eigenvalue weighted by molar-refractivity contribution is -0.158. The largest absolute Gasteiger partial charge is 0.481 e. The maximum absolute atomic E-state index is 10.7. The predicted molar refractivity (Wildman–Crippen MR) is 40.9 cm³/mol. The molecule has 1 atom stereocenters. The van der Waals surface area contributed by atoms with E-state index >= 15 is 0 Å². The summed E-state index contributed by atoms with van der Waals surface area (Å²) in [6.07, 6.45) is -2.03. The normalized spacial score (nSPS) is 12.2. The van der Waals surface area contributed by atoms with E-state index in [1.54, 1.807) is 0 Å². The van der Waals surface area contributed by atoms with Crippen LogP contribution in [0.5, 0.6) is 0 Å². The minimum absolute atomic E-state index is 0.0218. The van der Waals surface area contributed by atoms with Crippen LogP contribution in [0.1, 0.15) is 12.8 Å². The van der Waals surface area contributed by atoms with Crippen LogP contribution in [0.3, 0.4) is 0 Å². The summed E-state index contributed by atoms with van der Waals surface area (Å²) in [5.74, 6) is -2.25. The molecule has 0 saturated heterocycles. The Bertz CT molecular complexity index is 178. The van der Waals surface area contributed by atoms with E-state index < -0.39 is 24.5 Å². The van der Waals surface area contributed by atoms with Crippen molar-refractivity contribution in [2.45, 2.75) is 18.9 Å². The first kappa shape index (κ1) is 11.9. The summed E-state index contributed by atoms with van der Waals surface area (Å²) in [4.78, 5) is 20.8. The molecule has 1 unspecified atom stereocenters. The molecule has 0 aromatic rings. The third kappa shape index (κ3) is 6.06. The summed E-state index contributed by atoms with van der Waals surface area (Å²) >= 11 is 0. The van der Waals surface area contributed by atoms with Crippen molar-refractivity contribution in [1.29, 1.82) is 0 Å². The van der Waals surface area contributed by atoms with Crippen LogP contribution in [0, 0.1) is 0 Å². The molecule has 3 N–H and O–H groups in total. The average Bonchev–Trinajstić information content (AvgIpc) is 2.03. The second-order valence-corrected chi connectivity index (χ2v) is 2.36. The molecule has 0 aliphatic rings. The number of aliphatic carboxylic acids is 1. The van der Waals surface area contributed by atoms with Crippen molar-refractivity contribution in [3.05, 3.63) is 0 Å². The van der Waals surface area contributed by atoms with E-state index in [0.29, 0.717) is 0 Å². The van der Waals surface area contributed by atoms with Crippen LogP contribution in [-0.4, -0.2) is 46.6 Å². The van der Waals surface area contributed by atoms with Gasteiger partial charge in [-0.1, -0.05) is 0 Å². The first-order chi connectivity index (χ1) is 6.07. The molecule has 0 rings (SSSR count). The fourth-order valence-corrected chi connectivity index (χ4v) is 0.582. The van der Waals surface area contributed by atoms with Crippen molar-refractivity contribution in [2.24, 2.45) is 0 Å². The lowest BCUT2D eigenvalue weighted by Crippen LogP contribution is -2.26. The zero-order chi connectivity index (χ0) is 10.3. The van der Waals surface area contributed by atoms with E-state index in [2.05, 4.69) is 4.74 Å². The summed E-state index contributed by atoms with van der Waals surface area (Å²) < 4.78 is 4.43. The lowest BCUT2D eigenvalue weighted by Gasteiger charge is -2.07. The molecule has 0 saturated carbocycles. The molecule has 13 heavy (non-hydrogen) atoms. The number of aliphatic hydroxyl groups is 2. The standard InChI is InChI=1S/C7H12O6/c8-2-1-3-13-7(12)5(9)4-6(10)11/h5,8-9H,1-4H2,(H,10,11). The molecule has 6 heteroatoms. The van der Waals surface area contributed by atoms with Gasteiger partial charge >= 0.3 is 11.9 Å². The number of rotatable bonds is 6. The van der Waals surface area contributed by atoms with Gasteiger partial charge in [0.2, 0.25) is 0 Å². The van der Waals surface area contributed by atoms with Crippen LogP contribution in [-0.2, 0) is 14.3 Å². The molecular formula is C7H12O6. The minimum atomic E-state index is -1.63. The Balaban J connectivity index is 3.63. The molecule has 0 aliphatic carbocycles. The van der Waals surface area contributed by atoms with E-state index in [1.165, 1.54) is 0 Å². The molecule has 0 bridgehead atoms. The van der Waals surface area contributed by atoms with Gasteiger partial charge in [0.25, 0.3) is 0 Å². The second kappa shape index (κ2) is 6.38. The zero-order valence-corrected chi connectivity index (χ0v) is 6.97. The number of ether oxygens (including phenoxy) is 1. The number of carboxylic acids is 1. The van der Waals surface area contributed by atoms with Crippen LogP contribution < -0.4 is 0 Å². The summed E-state index contributed by atoms with van der Waals surface area (Å²) in [5.41, 5.74) is 0. The van der Waals surface area contributed by atoms with Crippen molar-refractivity contribution in [1.82, 2.24) is 0 Å². The number of aliphatic hydroxyl groups excluding tert-OH is 2. The van der Waals surface area contributed by atoms with Gasteiger partial charge in [-0.05, 0) is 0 Å². The third-order valence-electron chi connectivity index (χ3n) is 1.19. The molecule has 0 radical (unpaired) electrons. The summed E-state index contributed by atoms with van der Waals surface area (Å²) in [7, 11) is 0. The molecule has 0 spiro atoms. The maximum Gasteiger partial charge on any atom is 0.335 e. The number of esters is 1. The van der Waals surface area contributed by atoms with E-state index in [-0.39, 0.29) is 19.6 Å². The zero-order valence-electron chi connectivity index (χ0n) is 6.97. The molecule has 0 fully saturated rings. The number of carbonyl (C=O) groups excluding carboxylic acids is 1. The van der Waals surface area contributed by atoms with Gasteiger partial charge in [-0.2, -0.15) is 0 Å². The van der Waals surface area contributed by atoms with Gasteiger partial charge in [-0.25, -0.2) is 4.79 Å². The monoisotopic (exact) mass is 192 g/mol. The highest BCUT2D eigenvalue weighted by Gasteiger charge is 2.19. The topological polar surface area (TPSA) is 104 Å². The molecule has 0 amide bonds. The van der Waals surface area contributed by atoms with Gasteiger partial charge in [0.15, 0.2) is 6.10 Å². The van der Waals surface area contributed by atoms with E-state index in [4.69, 9.17) is 15.3 Å². The molecule has 76 valence electrons. The first-order valence-corrected chi connectivity index (χ1v) is 3.75. The number of carbonyl (C=O) groups is 2. The Hall–Kier alpha value is -1.14. The van der Waals surface area contributed by atoms with Gasteiger partial charge in [0, 0.05) is 13.0 Å². The predicted octanol–water partition coefficient (Wildman–Crippen LogP) is -1.25. The minimum Gasteiger partial charge on any atom is -0.481 e. The lowest BCUT2D eigenvalue weighted by atomic mass is 10.2. The van der Waals surface area contributed by atoms with Gasteiger partial charge in [0.1, 0.15) is 0 Å². The van der Waals surface area contributed by atoms with Gasteiger partial charge in [0.05, 0.1) is 13.0 Å². The maximum atomic E-state index is 10.7. The van der Waals surface area contributed by atoms with Gasteiger partial charge < -0.3 is 20.1 Å². The van der Waals surface area contributed by atoms with Crippen molar-refractivity contribution < 1.29 is 29.6 Å².